The molecule has 0 unspecified atom stereocenters. The fraction of sp³-hybridized carbons (Fsp3) is 0.267. The first-order chi connectivity index (χ1) is 9.77. The number of aromatic nitrogens is 2. The molecule has 1 aliphatic heterocycles. The van der Waals surface area contributed by atoms with Crippen LogP contribution in [0.15, 0.2) is 36.5 Å². The molecule has 20 heavy (non-hydrogen) atoms. The van der Waals surface area contributed by atoms with Crippen LogP contribution in [-0.4, -0.2) is 22.6 Å². The van der Waals surface area contributed by atoms with E-state index in [2.05, 4.69) is 33.3 Å². The van der Waals surface area contributed by atoms with Gasteiger partial charge >= 0.3 is 0 Å². The Morgan fingerprint density at radius 3 is 2.90 bits per heavy atom. The van der Waals surface area contributed by atoms with Crippen molar-refractivity contribution in [1.82, 2.24) is 10.2 Å². The van der Waals surface area contributed by atoms with Gasteiger partial charge in [0.05, 0.1) is 11.8 Å². The first-order valence-corrected chi connectivity index (χ1v) is 6.79. The van der Waals surface area contributed by atoms with Gasteiger partial charge in [0.1, 0.15) is 5.84 Å². The number of nitrogens with two attached hydrogens (primary N) is 1. The normalized spacial score (nSPS) is 14.5. The number of hydrogen-bond acceptors (Lipinski definition) is 4. The molecular weight excluding hydrogens is 250 g/mol. The predicted octanol–water partition coefficient (Wildman–Crippen LogP) is 2.24. The molecule has 0 atom stereocenters. The second-order valence-corrected chi connectivity index (χ2v) is 4.92. The van der Waals surface area contributed by atoms with Gasteiger partial charge in [0, 0.05) is 12.2 Å². The van der Waals surface area contributed by atoms with E-state index in [1.54, 1.807) is 12.3 Å². The average Bonchev–Trinajstić information content (AvgIpc) is 2.69. The fourth-order valence-electron chi connectivity index (χ4n) is 2.65. The predicted molar refractivity (Wildman–Crippen MR) is 79.4 cm³/mol. The van der Waals surface area contributed by atoms with Gasteiger partial charge in [0.2, 0.25) is 0 Å². The highest BCUT2D eigenvalue weighted by Gasteiger charge is 2.21. The Labute approximate surface area is 118 Å². The van der Waals surface area contributed by atoms with Gasteiger partial charge in [0.25, 0.3) is 0 Å². The number of fused-ring (bicyclic) bond motifs is 1. The van der Waals surface area contributed by atoms with Crippen LogP contribution >= 0.6 is 0 Å². The molecule has 3 N–H and O–H groups in total. The van der Waals surface area contributed by atoms with Crippen LogP contribution in [0, 0.1) is 5.41 Å². The van der Waals surface area contributed by atoms with Crippen LogP contribution in [-0.2, 0) is 6.42 Å². The van der Waals surface area contributed by atoms with Crippen molar-refractivity contribution >= 4 is 17.3 Å². The topological polar surface area (TPSA) is 78.9 Å². The van der Waals surface area contributed by atoms with Crippen LogP contribution in [0.3, 0.4) is 0 Å². The van der Waals surface area contributed by atoms with Crippen molar-refractivity contribution in [1.29, 1.82) is 5.41 Å². The second kappa shape index (κ2) is 5.28. The summed E-state index contributed by atoms with van der Waals surface area (Å²) < 4.78 is 0. The molecule has 2 aromatic rings. The molecule has 0 radical (unpaired) electrons. The highest BCUT2D eigenvalue weighted by atomic mass is 15.3. The maximum absolute atomic E-state index is 7.72. The minimum atomic E-state index is 0.0247. The number of amidine groups is 1. The molecule has 0 fully saturated rings. The number of rotatable bonds is 2. The number of benzene rings is 1. The van der Waals surface area contributed by atoms with Crippen LogP contribution in [0.2, 0.25) is 0 Å². The standard InChI is InChI=1S/C15H17N5/c16-14(17)12-8-9-18-19-15(12)20-10-4-3-6-11-5-1-2-7-13(11)20/h1-2,5,7-9H,3-4,6,10H2,(H3,16,17). The molecule has 102 valence electrons. The summed E-state index contributed by atoms with van der Waals surface area (Å²) >= 11 is 0. The lowest BCUT2D eigenvalue weighted by atomic mass is 10.1. The van der Waals surface area contributed by atoms with Gasteiger partial charge in [-0.05, 0) is 37.0 Å². The SMILES string of the molecule is N=C(N)c1ccnnc1N1CCCCc2ccccc21. The van der Waals surface area contributed by atoms with Crippen LogP contribution in [0.25, 0.3) is 0 Å². The summed E-state index contributed by atoms with van der Waals surface area (Å²) in [6.07, 6.45) is 4.89. The molecule has 2 heterocycles. The van der Waals surface area contributed by atoms with E-state index < -0.39 is 0 Å². The summed E-state index contributed by atoms with van der Waals surface area (Å²) in [4.78, 5) is 2.13. The van der Waals surface area contributed by atoms with E-state index in [1.807, 2.05) is 6.07 Å². The lowest BCUT2D eigenvalue weighted by molar-refractivity contribution is 0.754. The minimum absolute atomic E-state index is 0.0247. The van der Waals surface area contributed by atoms with Gasteiger partial charge in [-0.2, -0.15) is 5.10 Å². The van der Waals surface area contributed by atoms with Gasteiger partial charge < -0.3 is 10.6 Å². The summed E-state index contributed by atoms with van der Waals surface area (Å²) in [5.41, 5.74) is 8.76. The Morgan fingerprint density at radius 1 is 1.20 bits per heavy atom. The van der Waals surface area contributed by atoms with Crippen molar-refractivity contribution in [2.45, 2.75) is 19.3 Å². The quantitative estimate of drug-likeness (QED) is 0.646. The van der Waals surface area contributed by atoms with E-state index in [9.17, 15) is 0 Å². The summed E-state index contributed by atoms with van der Waals surface area (Å²) in [6.45, 7) is 0.871. The van der Waals surface area contributed by atoms with Crippen LogP contribution in [0.5, 0.6) is 0 Å². The maximum Gasteiger partial charge on any atom is 0.166 e. The Morgan fingerprint density at radius 2 is 2.05 bits per heavy atom. The summed E-state index contributed by atoms with van der Waals surface area (Å²) in [5.74, 6) is 0.700. The molecule has 0 saturated carbocycles. The van der Waals surface area contributed by atoms with Gasteiger partial charge in [-0.3, -0.25) is 5.41 Å². The van der Waals surface area contributed by atoms with E-state index in [4.69, 9.17) is 11.1 Å². The monoisotopic (exact) mass is 267 g/mol. The molecule has 0 spiro atoms. The van der Waals surface area contributed by atoms with Crippen molar-refractivity contribution < 1.29 is 0 Å². The molecule has 1 aromatic carbocycles. The van der Waals surface area contributed by atoms with Crippen molar-refractivity contribution in [3.05, 3.63) is 47.7 Å². The summed E-state index contributed by atoms with van der Waals surface area (Å²) in [6, 6.07) is 10.1. The molecule has 5 heteroatoms. The van der Waals surface area contributed by atoms with E-state index in [1.165, 1.54) is 5.56 Å². The zero-order valence-corrected chi connectivity index (χ0v) is 11.2. The first kappa shape index (κ1) is 12.6. The largest absolute Gasteiger partial charge is 0.384 e. The molecule has 0 saturated heterocycles. The fourth-order valence-corrected chi connectivity index (χ4v) is 2.65. The third kappa shape index (κ3) is 2.22. The Balaban J connectivity index is 2.13. The Hall–Kier alpha value is -2.43. The third-order valence-corrected chi connectivity index (χ3v) is 3.61. The third-order valence-electron chi connectivity index (χ3n) is 3.61. The Bertz CT molecular complexity index is 638. The minimum Gasteiger partial charge on any atom is -0.384 e. The molecule has 1 aliphatic rings. The number of aryl methyl sites for hydroxylation is 1. The second-order valence-electron chi connectivity index (χ2n) is 4.92. The number of nitrogens with zero attached hydrogens (tertiary/aromatic N) is 3. The first-order valence-electron chi connectivity index (χ1n) is 6.79. The zero-order chi connectivity index (χ0) is 13.9. The number of nitrogens with one attached hydrogen (secondary N) is 1. The van der Waals surface area contributed by atoms with Gasteiger partial charge in [0.15, 0.2) is 5.82 Å². The van der Waals surface area contributed by atoms with Gasteiger partial charge in [-0.25, -0.2) is 0 Å². The molecule has 1 aromatic heterocycles. The Kier molecular flexibility index (Phi) is 3.33. The van der Waals surface area contributed by atoms with E-state index in [0.717, 1.165) is 31.5 Å². The van der Waals surface area contributed by atoms with E-state index in [-0.39, 0.29) is 5.84 Å². The number of para-hydroxylation sites is 1. The highest BCUT2D eigenvalue weighted by molar-refractivity contribution is 6.00. The molecule has 5 nitrogen and oxygen atoms in total. The molecule has 0 amide bonds. The van der Waals surface area contributed by atoms with Gasteiger partial charge in [-0.15, -0.1) is 5.10 Å². The van der Waals surface area contributed by atoms with E-state index in [0.29, 0.717) is 11.4 Å². The molecule has 0 aliphatic carbocycles. The number of anilines is 2. The summed E-state index contributed by atoms with van der Waals surface area (Å²) in [7, 11) is 0. The van der Waals surface area contributed by atoms with Crippen LogP contribution in [0.1, 0.15) is 24.0 Å². The summed E-state index contributed by atoms with van der Waals surface area (Å²) in [5, 5.41) is 15.9. The maximum atomic E-state index is 7.72. The molecule has 0 bridgehead atoms. The number of nitrogen functional groups attached to an aromatic ring is 1. The molecule has 3 rings (SSSR count). The van der Waals surface area contributed by atoms with Gasteiger partial charge in [-0.1, -0.05) is 18.2 Å². The van der Waals surface area contributed by atoms with Crippen LogP contribution in [0.4, 0.5) is 11.5 Å². The smallest absolute Gasteiger partial charge is 0.166 e. The molecular formula is C15H17N5. The number of hydrogen-bond donors (Lipinski definition) is 2. The van der Waals surface area contributed by atoms with Crippen molar-refractivity contribution in [3.63, 3.8) is 0 Å². The van der Waals surface area contributed by atoms with Crippen molar-refractivity contribution in [2.75, 3.05) is 11.4 Å². The van der Waals surface area contributed by atoms with Crippen LogP contribution < -0.4 is 10.6 Å². The lowest BCUT2D eigenvalue weighted by Gasteiger charge is -2.25. The van der Waals surface area contributed by atoms with Crippen molar-refractivity contribution in [2.24, 2.45) is 5.73 Å². The highest BCUT2D eigenvalue weighted by Crippen LogP contribution is 2.32. The zero-order valence-electron chi connectivity index (χ0n) is 11.2. The van der Waals surface area contributed by atoms with Crippen molar-refractivity contribution in [3.8, 4) is 0 Å². The average molecular weight is 267 g/mol. The van der Waals surface area contributed by atoms with E-state index >= 15 is 0 Å². The lowest BCUT2D eigenvalue weighted by Crippen LogP contribution is -2.24.